The molecule has 1 N–H and O–H groups in total. The number of carbonyl (C=O) groups is 1. The van der Waals surface area contributed by atoms with Crippen LogP contribution in [0, 0.1) is 0 Å². The monoisotopic (exact) mass is 356 g/mol. The number of rotatable bonds is 5. The Morgan fingerprint density at radius 1 is 1.14 bits per heavy atom. The van der Waals surface area contributed by atoms with Gasteiger partial charge in [-0.2, -0.15) is 5.10 Å². The molecule has 0 aliphatic heterocycles. The Morgan fingerprint density at radius 3 is 2.50 bits per heavy atom. The van der Waals surface area contributed by atoms with Crippen LogP contribution in [0.25, 0.3) is 0 Å². The lowest BCUT2D eigenvalue weighted by Crippen LogP contribution is -2.24. The van der Waals surface area contributed by atoms with Gasteiger partial charge in [0.15, 0.2) is 6.61 Å². The highest BCUT2D eigenvalue weighted by Crippen LogP contribution is 2.22. The Kier molecular flexibility index (Phi) is 6.07. The van der Waals surface area contributed by atoms with Crippen LogP contribution in [0.1, 0.15) is 5.56 Å². The maximum atomic E-state index is 11.6. The van der Waals surface area contributed by atoms with Gasteiger partial charge in [-0.1, -0.05) is 46.9 Å². The van der Waals surface area contributed by atoms with Crippen LogP contribution in [0.2, 0.25) is 15.1 Å². The minimum Gasteiger partial charge on any atom is -0.482 e. The third-order valence-electron chi connectivity index (χ3n) is 2.48. The zero-order valence-corrected chi connectivity index (χ0v) is 13.5. The molecule has 0 atom stereocenters. The molecule has 1 amide bonds. The molecule has 0 radical (unpaired) electrons. The van der Waals surface area contributed by atoms with Gasteiger partial charge < -0.3 is 4.74 Å². The molecule has 0 aromatic heterocycles. The highest BCUT2D eigenvalue weighted by Gasteiger charge is 2.04. The number of para-hydroxylation sites is 1. The highest BCUT2D eigenvalue weighted by atomic mass is 35.5. The summed E-state index contributed by atoms with van der Waals surface area (Å²) in [4.78, 5) is 11.6. The summed E-state index contributed by atoms with van der Waals surface area (Å²) in [6.07, 6.45) is 1.44. The van der Waals surface area contributed by atoms with Crippen LogP contribution in [-0.4, -0.2) is 18.7 Å². The molecular weight excluding hydrogens is 347 g/mol. The SMILES string of the molecule is O=C(COc1ccccc1Cl)N/N=C\c1cc(Cl)cc(Cl)c1. The van der Waals surface area contributed by atoms with E-state index in [4.69, 9.17) is 39.5 Å². The maximum absolute atomic E-state index is 11.6. The fraction of sp³-hybridized carbons (Fsp3) is 0.0667. The first-order chi connectivity index (χ1) is 10.5. The van der Waals surface area contributed by atoms with E-state index in [2.05, 4.69) is 10.5 Å². The van der Waals surface area contributed by atoms with Gasteiger partial charge in [0.05, 0.1) is 11.2 Å². The van der Waals surface area contributed by atoms with E-state index in [0.717, 1.165) is 0 Å². The number of hydrogen-bond donors (Lipinski definition) is 1. The van der Waals surface area contributed by atoms with E-state index in [1.807, 2.05) is 0 Å². The van der Waals surface area contributed by atoms with Crippen molar-refractivity contribution in [2.24, 2.45) is 5.10 Å². The van der Waals surface area contributed by atoms with Crippen molar-refractivity contribution in [2.45, 2.75) is 0 Å². The quantitative estimate of drug-likeness (QED) is 0.645. The summed E-state index contributed by atoms with van der Waals surface area (Å²) in [5.74, 6) is 0.0224. The normalized spacial score (nSPS) is 10.7. The molecule has 0 bridgehead atoms. The summed E-state index contributed by atoms with van der Waals surface area (Å²) in [5, 5.41) is 5.22. The average Bonchev–Trinajstić information content (AvgIpc) is 2.45. The van der Waals surface area contributed by atoms with E-state index in [9.17, 15) is 4.79 Å². The van der Waals surface area contributed by atoms with Crippen LogP contribution in [0.4, 0.5) is 0 Å². The number of benzene rings is 2. The van der Waals surface area contributed by atoms with Crippen LogP contribution < -0.4 is 10.2 Å². The molecule has 0 saturated heterocycles. The molecular formula is C15H11Cl3N2O2. The first kappa shape index (κ1) is 16.6. The molecule has 114 valence electrons. The van der Waals surface area contributed by atoms with Crippen LogP contribution in [0.3, 0.4) is 0 Å². The van der Waals surface area contributed by atoms with Gasteiger partial charge in [0.25, 0.3) is 5.91 Å². The van der Waals surface area contributed by atoms with Gasteiger partial charge in [-0.05, 0) is 35.9 Å². The Labute approximate surface area is 142 Å². The standard InChI is InChI=1S/C15H11Cl3N2O2/c16-11-5-10(6-12(17)7-11)8-19-20-15(21)9-22-14-4-2-1-3-13(14)18/h1-8H,9H2,(H,20,21)/b19-8-. The van der Waals surface area contributed by atoms with E-state index in [-0.39, 0.29) is 6.61 Å². The number of halogens is 3. The van der Waals surface area contributed by atoms with Gasteiger partial charge in [-0.15, -0.1) is 0 Å². The summed E-state index contributed by atoms with van der Waals surface area (Å²) in [5.41, 5.74) is 3.01. The van der Waals surface area contributed by atoms with E-state index in [0.29, 0.717) is 26.4 Å². The average molecular weight is 358 g/mol. The van der Waals surface area contributed by atoms with Gasteiger partial charge in [-0.3, -0.25) is 4.79 Å². The largest absolute Gasteiger partial charge is 0.482 e. The second-order valence-electron chi connectivity index (χ2n) is 4.22. The third-order valence-corrected chi connectivity index (χ3v) is 3.23. The lowest BCUT2D eigenvalue weighted by Gasteiger charge is -2.06. The summed E-state index contributed by atoms with van der Waals surface area (Å²) in [6, 6.07) is 11.8. The molecule has 4 nitrogen and oxygen atoms in total. The minimum absolute atomic E-state index is 0.197. The second kappa shape index (κ2) is 8.03. The van der Waals surface area contributed by atoms with Crippen molar-refractivity contribution in [1.29, 1.82) is 0 Å². The van der Waals surface area contributed by atoms with E-state index < -0.39 is 5.91 Å². The number of ether oxygens (including phenoxy) is 1. The van der Waals surface area contributed by atoms with Crippen LogP contribution >= 0.6 is 34.8 Å². The molecule has 2 aromatic carbocycles. The Balaban J connectivity index is 1.85. The van der Waals surface area contributed by atoms with Crippen molar-refractivity contribution in [3.05, 3.63) is 63.1 Å². The van der Waals surface area contributed by atoms with E-state index >= 15 is 0 Å². The maximum Gasteiger partial charge on any atom is 0.277 e. The van der Waals surface area contributed by atoms with Crippen molar-refractivity contribution in [3.63, 3.8) is 0 Å². The lowest BCUT2D eigenvalue weighted by atomic mass is 10.2. The smallest absolute Gasteiger partial charge is 0.277 e. The van der Waals surface area contributed by atoms with Crippen molar-refractivity contribution >= 4 is 46.9 Å². The van der Waals surface area contributed by atoms with Crippen LogP contribution in [0.5, 0.6) is 5.75 Å². The van der Waals surface area contributed by atoms with Gasteiger partial charge in [0.2, 0.25) is 0 Å². The molecule has 7 heteroatoms. The van der Waals surface area contributed by atoms with Gasteiger partial charge >= 0.3 is 0 Å². The first-order valence-corrected chi connectivity index (χ1v) is 7.33. The molecule has 0 unspecified atom stereocenters. The molecule has 2 rings (SSSR count). The van der Waals surface area contributed by atoms with Crippen molar-refractivity contribution < 1.29 is 9.53 Å². The molecule has 0 aliphatic rings. The van der Waals surface area contributed by atoms with Crippen molar-refractivity contribution in [3.8, 4) is 5.75 Å². The predicted octanol–water partition coefficient (Wildman–Crippen LogP) is 4.18. The summed E-state index contributed by atoms with van der Waals surface area (Å²) in [6.45, 7) is -0.197. The minimum atomic E-state index is -0.413. The Bertz CT molecular complexity index is 685. The van der Waals surface area contributed by atoms with E-state index in [1.165, 1.54) is 6.21 Å². The third kappa shape index (κ3) is 5.22. The molecule has 0 heterocycles. The molecule has 0 spiro atoms. The summed E-state index contributed by atoms with van der Waals surface area (Å²) in [7, 11) is 0. The van der Waals surface area contributed by atoms with Crippen molar-refractivity contribution in [1.82, 2.24) is 5.43 Å². The summed E-state index contributed by atoms with van der Waals surface area (Å²) >= 11 is 17.6. The Hall–Kier alpha value is -1.75. The lowest BCUT2D eigenvalue weighted by molar-refractivity contribution is -0.123. The number of amides is 1. The second-order valence-corrected chi connectivity index (χ2v) is 5.50. The van der Waals surface area contributed by atoms with Gasteiger partial charge in [0, 0.05) is 10.0 Å². The molecule has 2 aromatic rings. The fourth-order valence-electron chi connectivity index (χ4n) is 1.57. The molecule has 0 fully saturated rings. The van der Waals surface area contributed by atoms with Gasteiger partial charge in [-0.25, -0.2) is 5.43 Å². The van der Waals surface area contributed by atoms with Crippen molar-refractivity contribution in [2.75, 3.05) is 6.61 Å². The number of nitrogens with zero attached hydrogens (tertiary/aromatic N) is 1. The zero-order valence-electron chi connectivity index (χ0n) is 11.2. The van der Waals surface area contributed by atoms with E-state index in [1.54, 1.807) is 42.5 Å². The van der Waals surface area contributed by atoms with Crippen LogP contribution in [-0.2, 0) is 4.79 Å². The zero-order chi connectivity index (χ0) is 15.9. The highest BCUT2D eigenvalue weighted by molar-refractivity contribution is 6.35. The molecule has 0 aliphatic carbocycles. The number of hydrogen-bond acceptors (Lipinski definition) is 3. The number of carbonyl (C=O) groups excluding carboxylic acids is 1. The number of nitrogens with one attached hydrogen (secondary N) is 1. The molecule has 0 saturated carbocycles. The topological polar surface area (TPSA) is 50.7 Å². The predicted molar refractivity (Wildman–Crippen MR) is 89.1 cm³/mol. The molecule has 22 heavy (non-hydrogen) atoms. The first-order valence-electron chi connectivity index (χ1n) is 6.20. The van der Waals surface area contributed by atoms with Gasteiger partial charge in [0.1, 0.15) is 5.75 Å². The fourth-order valence-corrected chi connectivity index (χ4v) is 2.30. The Morgan fingerprint density at radius 2 is 1.82 bits per heavy atom. The number of hydrazone groups is 1. The summed E-state index contributed by atoms with van der Waals surface area (Å²) < 4.78 is 5.28. The van der Waals surface area contributed by atoms with Crippen LogP contribution in [0.15, 0.2) is 47.6 Å².